The molecule has 0 spiro atoms. The first-order valence-corrected chi connectivity index (χ1v) is 7.82. The molecule has 21 heavy (non-hydrogen) atoms. The number of fused-ring (bicyclic) bond motifs is 1. The fourth-order valence-corrected chi connectivity index (χ4v) is 2.55. The van der Waals surface area contributed by atoms with Gasteiger partial charge in [-0.2, -0.15) is 0 Å². The Labute approximate surface area is 125 Å². The molecule has 0 aliphatic heterocycles. The van der Waals surface area contributed by atoms with Crippen molar-refractivity contribution in [2.24, 2.45) is 0 Å². The van der Waals surface area contributed by atoms with Crippen LogP contribution in [0.2, 0.25) is 0 Å². The highest BCUT2D eigenvalue weighted by atomic mass is 16.5. The van der Waals surface area contributed by atoms with Gasteiger partial charge in [0.2, 0.25) is 0 Å². The predicted octanol–water partition coefficient (Wildman–Crippen LogP) is 4.25. The maximum atomic E-state index is 11.7. The van der Waals surface area contributed by atoms with E-state index in [-0.39, 0.29) is 5.97 Å². The van der Waals surface area contributed by atoms with Crippen LogP contribution in [0.1, 0.15) is 61.6 Å². The highest BCUT2D eigenvalue weighted by molar-refractivity contribution is 6.01. The minimum Gasteiger partial charge on any atom is -0.465 e. The maximum absolute atomic E-state index is 11.7. The summed E-state index contributed by atoms with van der Waals surface area (Å²) in [5.41, 5.74) is 2.14. The van der Waals surface area contributed by atoms with Crippen LogP contribution < -0.4 is 0 Å². The summed E-state index contributed by atoms with van der Waals surface area (Å²) < 4.78 is 4.80. The van der Waals surface area contributed by atoms with Crippen LogP contribution in [0.4, 0.5) is 0 Å². The summed E-state index contributed by atoms with van der Waals surface area (Å²) in [5.74, 6) is 0.620. The molecule has 0 saturated carbocycles. The number of benzene rings is 1. The predicted molar refractivity (Wildman–Crippen MR) is 84.5 cm³/mol. The summed E-state index contributed by atoms with van der Waals surface area (Å²) in [7, 11) is 1.39. The van der Waals surface area contributed by atoms with E-state index in [0.29, 0.717) is 11.1 Å². The van der Waals surface area contributed by atoms with Crippen molar-refractivity contribution in [3.8, 4) is 0 Å². The Morgan fingerprint density at radius 1 is 1.19 bits per heavy atom. The lowest BCUT2D eigenvalue weighted by Gasteiger charge is -1.99. The first-order chi connectivity index (χ1) is 10.3. The van der Waals surface area contributed by atoms with Gasteiger partial charge in [-0.1, -0.05) is 45.1 Å². The Balaban J connectivity index is 1.97. The topological polar surface area (TPSA) is 55.0 Å². The zero-order valence-corrected chi connectivity index (χ0v) is 12.9. The van der Waals surface area contributed by atoms with Crippen LogP contribution in [-0.4, -0.2) is 23.0 Å². The van der Waals surface area contributed by atoms with Crippen molar-refractivity contribution < 1.29 is 9.53 Å². The molecule has 0 bridgehead atoms. The minimum absolute atomic E-state index is 0.335. The van der Waals surface area contributed by atoms with Gasteiger partial charge in [0.1, 0.15) is 11.3 Å². The molecule has 1 heterocycles. The van der Waals surface area contributed by atoms with Gasteiger partial charge in [-0.05, 0) is 18.6 Å². The molecule has 0 radical (unpaired) electrons. The molecular formula is C17H24N2O2. The smallest absolute Gasteiger partial charge is 0.340 e. The standard InChI is InChI=1S/C17H24N2O2/c1-3-4-5-6-7-8-12-15-18-14-11-9-10-13(16(14)19-15)17(20)21-2/h9-11H,3-8,12H2,1-2H3,(H,18,19). The lowest BCUT2D eigenvalue weighted by Crippen LogP contribution is -2.01. The molecule has 4 heteroatoms. The third-order valence-electron chi connectivity index (χ3n) is 3.73. The average molecular weight is 288 g/mol. The van der Waals surface area contributed by atoms with E-state index in [2.05, 4.69) is 16.9 Å². The summed E-state index contributed by atoms with van der Waals surface area (Å²) in [4.78, 5) is 19.6. The molecule has 0 amide bonds. The van der Waals surface area contributed by atoms with Gasteiger partial charge in [0.15, 0.2) is 0 Å². The molecule has 1 N–H and O–H groups in total. The normalized spacial score (nSPS) is 11.0. The Bertz CT molecular complexity index is 589. The molecule has 0 aliphatic carbocycles. The molecule has 2 rings (SSSR count). The Morgan fingerprint density at radius 3 is 2.71 bits per heavy atom. The number of carbonyl (C=O) groups is 1. The number of hydrogen-bond donors (Lipinski definition) is 1. The molecule has 0 atom stereocenters. The zero-order chi connectivity index (χ0) is 15.1. The first kappa shape index (κ1) is 15.5. The monoisotopic (exact) mass is 288 g/mol. The number of methoxy groups -OCH3 is 1. The van der Waals surface area contributed by atoms with Crippen LogP contribution in [0.25, 0.3) is 11.0 Å². The number of H-pyrrole nitrogens is 1. The number of rotatable bonds is 8. The van der Waals surface area contributed by atoms with Crippen LogP contribution in [0.5, 0.6) is 0 Å². The van der Waals surface area contributed by atoms with Crippen LogP contribution in [0.3, 0.4) is 0 Å². The number of nitrogens with one attached hydrogen (secondary N) is 1. The number of aromatic nitrogens is 2. The third kappa shape index (κ3) is 4.06. The Hall–Kier alpha value is -1.84. The Morgan fingerprint density at radius 2 is 1.95 bits per heavy atom. The summed E-state index contributed by atoms with van der Waals surface area (Å²) in [6, 6.07) is 5.55. The Kier molecular flexibility index (Phi) is 5.78. The highest BCUT2D eigenvalue weighted by Gasteiger charge is 2.13. The second-order valence-electron chi connectivity index (χ2n) is 5.39. The number of ether oxygens (including phenoxy) is 1. The van der Waals surface area contributed by atoms with Crippen molar-refractivity contribution in [2.45, 2.75) is 51.9 Å². The number of aromatic amines is 1. The van der Waals surface area contributed by atoms with Gasteiger partial charge in [0.25, 0.3) is 0 Å². The van der Waals surface area contributed by atoms with E-state index >= 15 is 0 Å². The summed E-state index contributed by atoms with van der Waals surface area (Å²) >= 11 is 0. The number of nitrogens with zero attached hydrogens (tertiary/aromatic N) is 1. The summed E-state index contributed by atoms with van der Waals surface area (Å²) in [5, 5.41) is 0. The van der Waals surface area contributed by atoms with Gasteiger partial charge in [-0.3, -0.25) is 0 Å². The molecule has 0 saturated heterocycles. The molecule has 1 aromatic carbocycles. The van der Waals surface area contributed by atoms with Gasteiger partial charge in [0, 0.05) is 6.42 Å². The second-order valence-corrected chi connectivity index (χ2v) is 5.39. The van der Waals surface area contributed by atoms with Crippen molar-refractivity contribution in [1.29, 1.82) is 0 Å². The second kappa shape index (κ2) is 7.81. The van der Waals surface area contributed by atoms with Gasteiger partial charge in [0.05, 0.1) is 18.2 Å². The van der Waals surface area contributed by atoms with E-state index in [1.165, 1.54) is 39.2 Å². The molecule has 0 unspecified atom stereocenters. The maximum Gasteiger partial charge on any atom is 0.340 e. The lowest BCUT2D eigenvalue weighted by atomic mass is 10.1. The van der Waals surface area contributed by atoms with E-state index in [1.807, 2.05) is 12.1 Å². The number of imidazole rings is 1. The fourth-order valence-electron chi connectivity index (χ4n) is 2.55. The molecule has 0 fully saturated rings. The van der Waals surface area contributed by atoms with Crippen LogP contribution >= 0.6 is 0 Å². The van der Waals surface area contributed by atoms with Gasteiger partial charge >= 0.3 is 5.97 Å². The van der Waals surface area contributed by atoms with E-state index < -0.39 is 0 Å². The van der Waals surface area contributed by atoms with Crippen LogP contribution in [-0.2, 0) is 11.2 Å². The van der Waals surface area contributed by atoms with Crippen molar-refractivity contribution in [2.75, 3.05) is 7.11 Å². The van der Waals surface area contributed by atoms with E-state index in [0.717, 1.165) is 24.2 Å². The number of para-hydroxylation sites is 1. The molecular weight excluding hydrogens is 264 g/mol. The lowest BCUT2D eigenvalue weighted by molar-refractivity contribution is 0.0603. The molecule has 114 valence electrons. The van der Waals surface area contributed by atoms with E-state index in [4.69, 9.17) is 4.74 Å². The number of aryl methyl sites for hydroxylation is 1. The average Bonchev–Trinajstić information content (AvgIpc) is 2.92. The summed E-state index contributed by atoms with van der Waals surface area (Å²) in [6.45, 7) is 2.23. The number of unbranched alkanes of at least 4 members (excludes halogenated alkanes) is 5. The third-order valence-corrected chi connectivity index (χ3v) is 3.73. The molecule has 4 nitrogen and oxygen atoms in total. The van der Waals surface area contributed by atoms with Crippen LogP contribution in [0.15, 0.2) is 18.2 Å². The van der Waals surface area contributed by atoms with Crippen molar-refractivity contribution >= 4 is 17.0 Å². The molecule has 2 aromatic rings. The number of hydrogen-bond acceptors (Lipinski definition) is 3. The van der Waals surface area contributed by atoms with Gasteiger partial charge < -0.3 is 9.72 Å². The summed E-state index contributed by atoms with van der Waals surface area (Å²) in [6.07, 6.45) is 8.52. The molecule has 1 aromatic heterocycles. The van der Waals surface area contributed by atoms with E-state index in [1.54, 1.807) is 6.07 Å². The highest BCUT2D eigenvalue weighted by Crippen LogP contribution is 2.18. The van der Waals surface area contributed by atoms with Gasteiger partial charge in [-0.25, -0.2) is 9.78 Å². The molecule has 0 aliphatic rings. The zero-order valence-electron chi connectivity index (χ0n) is 12.9. The van der Waals surface area contributed by atoms with Crippen molar-refractivity contribution in [3.63, 3.8) is 0 Å². The van der Waals surface area contributed by atoms with Gasteiger partial charge in [-0.15, -0.1) is 0 Å². The fraction of sp³-hybridized carbons (Fsp3) is 0.529. The number of esters is 1. The SMILES string of the molecule is CCCCCCCCc1nc2c(C(=O)OC)cccc2[nH]1. The van der Waals surface area contributed by atoms with Crippen LogP contribution in [0, 0.1) is 0 Å². The quantitative estimate of drug-likeness (QED) is 0.583. The minimum atomic E-state index is -0.335. The van der Waals surface area contributed by atoms with Crippen molar-refractivity contribution in [1.82, 2.24) is 9.97 Å². The largest absolute Gasteiger partial charge is 0.465 e. The van der Waals surface area contributed by atoms with Crippen molar-refractivity contribution in [3.05, 3.63) is 29.6 Å². The first-order valence-electron chi connectivity index (χ1n) is 7.82. The number of carbonyl (C=O) groups excluding carboxylic acids is 1. The van der Waals surface area contributed by atoms with E-state index in [9.17, 15) is 4.79 Å².